The van der Waals surface area contributed by atoms with Crippen LogP contribution in [-0.4, -0.2) is 12.1 Å². The van der Waals surface area contributed by atoms with Crippen LogP contribution in [0.5, 0.6) is 0 Å². The first-order chi connectivity index (χ1) is 8.19. The number of rotatable bonds is 2. The second kappa shape index (κ2) is 5.52. The molecule has 0 amide bonds. The minimum absolute atomic E-state index is 0.216. The van der Waals surface area contributed by atoms with E-state index in [0.29, 0.717) is 11.6 Å². The zero-order chi connectivity index (χ0) is 12.3. The zero-order valence-electron chi connectivity index (χ0n) is 9.62. The van der Waals surface area contributed by atoms with Gasteiger partial charge in [-0.3, -0.25) is 0 Å². The maximum Gasteiger partial charge on any atom is 0.0992 e. The molecule has 3 N–H and O–H groups in total. The van der Waals surface area contributed by atoms with Gasteiger partial charge in [-0.05, 0) is 31.0 Å². The molecule has 2 rings (SSSR count). The molecule has 0 spiro atoms. The Labute approximate surface area is 110 Å². The van der Waals surface area contributed by atoms with Crippen molar-refractivity contribution in [2.45, 2.75) is 37.8 Å². The van der Waals surface area contributed by atoms with Gasteiger partial charge in [-0.15, -0.1) is 0 Å². The lowest BCUT2D eigenvalue weighted by Crippen LogP contribution is -2.42. The predicted molar refractivity (Wildman–Crippen MR) is 72.7 cm³/mol. The van der Waals surface area contributed by atoms with Gasteiger partial charge in [0, 0.05) is 22.2 Å². The number of nitrogens with zero attached hydrogens (tertiary/aromatic N) is 1. The van der Waals surface area contributed by atoms with E-state index >= 15 is 0 Å². The maximum absolute atomic E-state index is 8.92. The molecule has 1 fully saturated rings. The Kier molecular flexibility index (Phi) is 4.03. The molecule has 0 radical (unpaired) electrons. The number of benzene rings is 1. The van der Waals surface area contributed by atoms with Crippen LogP contribution >= 0.6 is 15.9 Å². The average Bonchev–Trinajstić information content (AvgIpc) is 2.31. The molecule has 2 atom stereocenters. The number of nitrogens with two attached hydrogens (primary N) is 1. The molecule has 0 saturated heterocycles. The van der Waals surface area contributed by atoms with Crippen molar-refractivity contribution in [1.82, 2.24) is 0 Å². The van der Waals surface area contributed by atoms with E-state index in [2.05, 4.69) is 27.3 Å². The van der Waals surface area contributed by atoms with Crippen molar-refractivity contribution >= 4 is 21.6 Å². The van der Waals surface area contributed by atoms with E-state index in [1.54, 1.807) is 0 Å². The summed E-state index contributed by atoms with van der Waals surface area (Å²) in [6.45, 7) is 0. The van der Waals surface area contributed by atoms with Crippen LogP contribution in [0.25, 0.3) is 0 Å². The fourth-order valence-corrected chi connectivity index (χ4v) is 2.78. The summed E-state index contributed by atoms with van der Waals surface area (Å²) >= 11 is 3.41. The van der Waals surface area contributed by atoms with Crippen LogP contribution in [0.1, 0.15) is 31.2 Å². The summed E-state index contributed by atoms with van der Waals surface area (Å²) in [4.78, 5) is 0. The largest absolute Gasteiger partial charge is 0.381 e. The Morgan fingerprint density at radius 3 is 2.76 bits per heavy atom. The van der Waals surface area contributed by atoms with E-state index in [-0.39, 0.29) is 6.04 Å². The number of hydrogen-bond acceptors (Lipinski definition) is 3. The van der Waals surface area contributed by atoms with Gasteiger partial charge >= 0.3 is 0 Å². The molecule has 90 valence electrons. The van der Waals surface area contributed by atoms with E-state index in [0.717, 1.165) is 23.0 Å². The van der Waals surface area contributed by atoms with Crippen LogP contribution in [0, 0.1) is 11.3 Å². The second-order valence-corrected chi connectivity index (χ2v) is 5.46. The van der Waals surface area contributed by atoms with Crippen LogP contribution in [0.4, 0.5) is 5.69 Å². The first-order valence-electron chi connectivity index (χ1n) is 5.92. The van der Waals surface area contributed by atoms with Gasteiger partial charge in [0.15, 0.2) is 0 Å². The number of nitriles is 1. The molecule has 1 aromatic carbocycles. The van der Waals surface area contributed by atoms with Gasteiger partial charge in [0.2, 0.25) is 0 Å². The van der Waals surface area contributed by atoms with E-state index in [1.165, 1.54) is 12.8 Å². The molecule has 0 aromatic heterocycles. The van der Waals surface area contributed by atoms with Crippen LogP contribution in [0.15, 0.2) is 22.7 Å². The molecule has 1 aromatic rings. The van der Waals surface area contributed by atoms with Crippen molar-refractivity contribution in [3.8, 4) is 6.07 Å². The van der Waals surface area contributed by atoms with Gasteiger partial charge < -0.3 is 11.1 Å². The summed E-state index contributed by atoms with van der Waals surface area (Å²) in [6.07, 6.45) is 4.64. The SMILES string of the molecule is N#Cc1cc(Br)cc(NC2CCCCC2N)c1. The molecule has 1 aliphatic carbocycles. The zero-order valence-corrected chi connectivity index (χ0v) is 11.2. The summed E-state index contributed by atoms with van der Waals surface area (Å²) in [7, 11) is 0. The highest BCUT2D eigenvalue weighted by atomic mass is 79.9. The molecule has 0 bridgehead atoms. The lowest BCUT2D eigenvalue weighted by Gasteiger charge is -2.30. The fraction of sp³-hybridized carbons (Fsp3) is 0.462. The van der Waals surface area contributed by atoms with Crippen molar-refractivity contribution in [2.75, 3.05) is 5.32 Å². The van der Waals surface area contributed by atoms with E-state index in [9.17, 15) is 0 Å². The van der Waals surface area contributed by atoms with E-state index in [4.69, 9.17) is 11.0 Å². The standard InChI is InChI=1S/C13H16BrN3/c14-10-5-9(8-15)6-11(7-10)17-13-4-2-1-3-12(13)16/h5-7,12-13,17H,1-4,16H2. The highest BCUT2D eigenvalue weighted by Crippen LogP contribution is 2.24. The van der Waals surface area contributed by atoms with Crippen LogP contribution in [0.3, 0.4) is 0 Å². The predicted octanol–water partition coefficient (Wildman–Crippen LogP) is 3.00. The lowest BCUT2D eigenvalue weighted by atomic mass is 9.91. The lowest BCUT2D eigenvalue weighted by molar-refractivity contribution is 0.404. The van der Waals surface area contributed by atoms with Crippen molar-refractivity contribution in [3.63, 3.8) is 0 Å². The molecule has 0 heterocycles. The Bertz CT molecular complexity index is 439. The average molecular weight is 294 g/mol. The molecule has 0 aliphatic heterocycles. The van der Waals surface area contributed by atoms with E-state index in [1.807, 2.05) is 18.2 Å². The molecular weight excluding hydrogens is 278 g/mol. The molecule has 1 saturated carbocycles. The molecule has 4 heteroatoms. The van der Waals surface area contributed by atoms with Crippen molar-refractivity contribution in [1.29, 1.82) is 5.26 Å². The van der Waals surface area contributed by atoms with Crippen molar-refractivity contribution in [3.05, 3.63) is 28.2 Å². The maximum atomic E-state index is 8.92. The van der Waals surface area contributed by atoms with Crippen LogP contribution < -0.4 is 11.1 Å². The minimum atomic E-state index is 0.216. The summed E-state index contributed by atoms with van der Waals surface area (Å²) < 4.78 is 0.920. The first-order valence-corrected chi connectivity index (χ1v) is 6.71. The molecule has 2 unspecified atom stereocenters. The second-order valence-electron chi connectivity index (χ2n) is 4.54. The monoisotopic (exact) mass is 293 g/mol. The van der Waals surface area contributed by atoms with Crippen LogP contribution in [0.2, 0.25) is 0 Å². The topological polar surface area (TPSA) is 61.8 Å². The van der Waals surface area contributed by atoms with Crippen LogP contribution in [-0.2, 0) is 0 Å². The Hall–Kier alpha value is -1.05. The quantitative estimate of drug-likeness (QED) is 0.881. The highest BCUT2D eigenvalue weighted by Gasteiger charge is 2.21. The minimum Gasteiger partial charge on any atom is -0.381 e. The smallest absolute Gasteiger partial charge is 0.0992 e. The van der Waals surface area contributed by atoms with Gasteiger partial charge in [0.05, 0.1) is 11.6 Å². The number of hydrogen-bond donors (Lipinski definition) is 2. The molecule has 17 heavy (non-hydrogen) atoms. The Morgan fingerprint density at radius 2 is 2.06 bits per heavy atom. The van der Waals surface area contributed by atoms with Crippen molar-refractivity contribution in [2.24, 2.45) is 5.73 Å². The van der Waals surface area contributed by atoms with Gasteiger partial charge in [-0.2, -0.15) is 5.26 Å². The summed E-state index contributed by atoms with van der Waals surface area (Å²) in [5.41, 5.74) is 7.73. The number of halogens is 1. The van der Waals surface area contributed by atoms with Crippen molar-refractivity contribution < 1.29 is 0 Å². The summed E-state index contributed by atoms with van der Waals surface area (Å²) in [6, 6.07) is 8.36. The van der Waals surface area contributed by atoms with Gasteiger partial charge in [-0.25, -0.2) is 0 Å². The fourth-order valence-electron chi connectivity index (χ4n) is 2.29. The molecule has 3 nitrogen and oxygen atoms in total. The third-order valence-electron chi connectivity index (χ3n) is 3.20. The van der Waals surface area contributed by atoms with Gasteiger partial charge in [-0.1, -0.05) is 28.8 Å². The molecule has 1 aliphatic rings. The Balaban J connectivity index is 2.12. The summed E-state index contributed by atoms with van der Waals surface area (Å²) in [5.74, 6) is 0. The first kappa shape index (κ1) is 12.4. The van der Waals surface area contributed by atoms with Gasteiger partial charge in [0.1, 0.15) is 0 Å². The third-order valence-corrected chi connectivity index (χ3v) is 3.66. The highest BCUT2D eigenvalue weighted by molar-refractivity contribution is 9.10. The van der Waals surface area contributed by atoms with E-state index < -0.39 is 0 Å². The summed E-state index contributed by atoms with van der Waals surface area (Å²) in [5, 5.41) is 12.4. The van der Waals surface area contributed by atoms with Gasteiger partial charge in [0.25, 0.3) is 0 Å². The molecular formula is C13H16BrN3. The number of nitrogens with one attached hydrogen (secondary N) is 1. The normalized spacial score (nSPS) is 24.1. The number of anilines is 1. The Morgan fingerprint density at radius 1 is 1.29 bits per heavy atom. The third kappa shape index (κ3) is 3.21.